The van der Waals surface area contributed by atoms with E-state index in [1.54, 1.807) is 27.9 Å². The van der Waals surface area contributed by atoms with E-state index in [2.05, 4.69) is 5.32 Å². The van der Waals surface area contributed by atoms with E-state index in [0.29, 0.717) is 0 Å². The Labute approximate surface area is 100.0 Å². The molecule has 2 amide bonds. The van der Waals surface area contributed by atoms with Gasteiger partial charge in [0.15, 0.2) is 0 Å². The lowest BCUT2D eigenvalue weighted by Gasteiger charge is -2.11. The van der Waals surface area contributed by atoms with Gasteiger partial charge in [0.05, 0.1) is 18.4 Å². The molecule has 0 unspecified atom stereocenters. The maximum absolute atomic E-state index is 11.7. The summed E-state index contributed by atoms with van der Waals surface area (Å²) in [6.07, 6.45) is 0. The second kappa shape index (κ2) is 4.35. The van der Waals surface area contributed by atoms with E-state index in [0.717, 1.165) is 0 Å². The van der Waals surface area contributed by atoms with Gasteiger partial charge in [-0.25, -0.2) is 0 Å². The lowest BCUT2D eigenvalue weighted by atomic mass is 10.1. The molecule has 0 aromatic carbocycles. The van der Waals surface area contributed by atoms with Gasteiger partial charge in [0, 0.05) is 14.1 Å². The Hall–Kier alpha value is -1.59. The summed E-state index contributed by atoms with van der Waals surface area (Å²) in [5.74, 6) is -2.75. The van der Waals surface area contributed by atoms with Crippen LogP contribution >= 0.6 is 0 Å². The van der Waals surface area contributed by atoms with Crippen molar-refractivity contribution in [2.45, 2.75) is 13.8 Å². The number of carboxylic acids is 1. The first-order valence-electron chi connectivity index (χ1n) is 5.40. The molecule has 1 aliphatic rings. The molecule has 0 heterocycles. The van der Waals surface area contributed by atoms with Crippen molar-refractivity contribution in [2.24, 2.45) is 17.3 Å². The van der Waals surface area contributed by atoms with Crippen molar-refractivity contribution in [1.29, 1.82) is 0 Å². The predicted octanol–water partition coefficient (Wildman–Crippen LogP) is -0.452. The number of nitrogens with zero attached hydrogens (tertiary/aromatic N) is 1. The molecule has 2 N–H and O–H groups in total. The highest BCUT2D eigenvalue weighted by Crippen LogP contribution is 2.58. The Balaban J connectivity index is 2.51. The van der Waals surface area contributed by atoms with Crippen molar-refractivity contribution < 1.29 is 19.5 Å². The lowest BCUT2D eigenvalue weighted by Crippen LogP contribution is -2.37. The van der Waals surface area contributed by atoms with Crippen LogP contribution in [0.4, 0.5) is 0 Å². The molecule has 0 saturated heterocycles. The van der Waals surface area contributed by atoms with Crippen LogP contribution in [0.15, 0.2) is 0 Å². The molecule has 96 valence electrons. The van der Waals surface area contributed by atoms with Gasteiger partial charge in [-0.2, -0.15) is 0 Å². The fraction of sp³-hybridized carbons (Fsp3) is 0.727. The maximum atomic E-state index is 11.7. The molecule has 0 aromatic rings. The van der Waals surface area contributed by atoms with Gasteiger partial charge >= 0.3 is 5.97 Å². The molecule has 1 aliphatic carbocycles. The minimum Gasteiger partial charge on any atom is -0.481 e. The predicted molar refractivity (Wildman–Crippen MR) is 60.1 cm³/mol. The third kappa shape index (κ3) is 2.57. The third-order valence-electron chi connectivity index (χ3n) is 3.29. The van der Waals surface area contributed by atoms with E-state index >= 15 is 0 Å². The maximum Gasteiger partial charge on any atom is 0.307 e. The number of amides is 2. The van der Waals surface area contributed by atoms with Gasteiger partial charge in [0.2, 0.25) is 11.8 Å². The second-order valence-electron chi connectivity index (χ2n) is 5.12. The molecule has 17 heavy (non-hydrogen) atoms. The van der Waals surface area contributed by atoms with Gasteiger partial charge < -0.3 is 15.3 Å². The van der Waals surface area contributed by atoms with Gasteiger partial charge in [0.1, 0.15) is 0 Å². The number of rotatable bonds is 4. The van der Waals surface area contributed by atoms with Crippen LogP contribution in [0.2, 0.25) is 0 Å². The highest BCUT2D eigenvalue weighted by molar-refractivity contribution is 5.93. The summed E-state index contributed by atoms with van der Waals surface area (Å²) in [5, 5.41) is 11.4. The molecule has 6 heteroatoms. The zero-order valence-electron chi connectivity index (χ0n) is 10.5. The molecule has 0 radical (unpaired) electrons. The van der Waals surface area contributed by atoms with Gasteiger partial charge in [-0.1, -0.05) is 13.8 Å². The number of carbonyl (C=O) groups excluding carboxylic acids is 2. The number of nitrogens with one attached hydrogen (secondary N) is 1. The molecular formula is C11H18N2O4. The van der Waals surface area contributed by atoms with Crippen LogP contribution in [0.3, 0.4) is 0 Å². The first kappa shape index (κ1) is 13.5. The Bertz CT molecular complexity index is 362. The highest BCUT2D eigenvalue weighted by atomic mass is 16.4. The van der Waals surface area contributed by atoms with E-state index in [1.165, 1.54) is 4.90 Å². The zero-order valence-corrected chi connectivity index (χ0v) is 10.5. The molecule has 0 bridgehead atoms. The second-order valence-corrected chi connectivity index (χ2v) is 5.12. The normalized spacial score (nSPS) is 24.9. The van der Waals surface area contributed by atoms with Gasteiger partial charge in [-0.05, 0) is 5.41 Å². The topological polar surface area (TPSA) is 86.7 Å². The summed E-state index contributed by atoms with van der Waals surface area (Å²) in [6, 6.07) is 0. The van der Waals surface area contributed by atoms with Crippen LogP contribution in [0.25, 0.3) is 0 Å². The smallest absolute Gasteiger partial charge is 0.307 e. The molecule has 6 nitrogen and oxygen atoms in total. The summed E-state index contributed by atoms with van der Waals surface area (Å²) in [6.45, 7) is 3.39. The van der Waals surface area contributed by atoms with Crippen LogP contribution < -0.4 is 5.32 Å². The summed E-state index contributed by atoms with van der Waals surface area (Å²) >= 11 is 0. The summed E-state index contributed by atoms with van der Waals surface area (Å²) in [4.78, 5) is 35.2. The van der Waals surface area contributed by atoms with Crippen molar-refractivity contribution in [3.05, 3.63) is 0 Å². The number of hydrogen-bond donors (Lipinski definition) is 2. The molecule has 1 fully saturated rings. The van der Waals surface area contributed by atoms with Gasteiger partial charge in [-0.3, -0.25) is 14.4 Å². The van der Waals surface area contributed by atoms with E-state index in [4.69, 9.17) is 5.11 Å². The van der Waals surface area contributed by atoms with Gasteiger partial charge in [-0.15, -0.1) is 0 Å². The number of hydrogen-bond acceptors (Lipinski definition) is 3. The molecule has 0 aromatic heterocycles. The van der Waals surface area contributed by atoms with E-state index in [-0.39, 0.29) is 18.4 Å². The van der Waals surface area contributed by atoms with Crippen molar-refractivity contribution >= 4 is 17.8 Å². The number of aliphatic carboxylic acids is 1. The van der Waals surface area contributed by atoms with Crippen molar-refractivity contribution in [3.63, 3.8) is 0 Å². The third-order valence-corrected chi connectivity index (χ3v) is 3.29. The molecular weight excluding hydrogens is 224 g/mol. The van der Waals surface area contributed by atoms with Crippen molar-refractivity contribution in [2.75, 3.05) is 20.6 Å². The summed E-state index contributed by atoms with van der Waals surface area (Å²) in [5.41, 5.74) is -0.531. The quantitative estimate of drug-likeness (QED) is 0.699. The van der Waals surface area contributed by atoms with Crippen LogP contribution in [-0.2, 0) is 14.4 Å². The average Bonchev–Trinajstić information content (AvgIpc) is 2.77. The lowest BCUT2D eigenvalue weighted by molar-refractivity contribution is -0.140. The minimum atomic E-state index is -0.964. The SMILES string of the molecule is CN(C)C(=O)CNC(=O)[C@H]1[C@@H](C(=O)O)C1(C)C. The number of carbonyl (C=O) groups is 3. The van der Waals surface area contributed by atoms with Crippen LogP contribution in [0, 0.1) is 17.3 Å². The van der Waals surface area contributed by atoms with Crippen LogP contribution in [0.5, 0.6) is 0 Å². The fourth-order valence-electron chi connectivity index (χ4n) is 2.02. The Morgan fingerprint density at radius 2 is 1.76 bits per heavy atom. The Kier molecular flexibility index (Phi) is 3.45. The minimum absolute atomic E-state index is 0.0925. The first-order chi connectivity index (χ1) is 7.69. The van der Waals surface area contributed by atoms with Crippen LogP contribution in [0.1, 0.15) is 13.8 Å². The molecule has 0 spiro atoms. The Morgan fingerprint density at radius 3 is 2.12 bits per heavy atom. The molecule has 2 atom stereocenters. The Morgan fingerprint density at radius 1 is 1.24 bits per heavy atom. The molecule has 1 rings (SSSR count). The van der Waals surface area contributed by atoms with E-state index in [1.807, 2.05) is 0 Å². The van der Waals surface area contributed by atoms with Gasteiger partial charge in [0.25, 0.3) is 0 Å². The monoisotopic (exact) mass is 242 g/mol. The fourth-order valence-corrected chi connectivity index (χ4v) is 2.02. The largest absolute Gasteiger partial charge is 0.481 e. The summed E-state index contributed by atoms with van der Waals surface area (Å²) < 4.78 is 0. The average molecular weight is 242 g/mol. The number of likely N-dealkylation sites (N-methyl/N-ethyl adjacent to an activating group) is 1. The zero-order chi connectivity index (χ0) is 13.4. The van der Waals surface area contributed by atoms with Crippen molar-refractivity contribution in [3.8, 4) is 0 Å². The standard InChI is InChI=1S/C11H18N2O4/c1-11(2)7(8(11)10(16)17)9(15)12-5-6(14)13(3)4/h7-8H,5H2,1-4H3,(H,12,15)(H,16,17)/t7-,8+/m1/s1. The van der Waals surface area contributed by atoms with E-state index < -0.39 is 23.2 Å². The van der Waals surface area contributed by atoms with Crippen molar-refractivity contribution in [1.82, 2.24) is 10.2 Å². The van der Waals surface area contributed by atoms with Crippen LogP contribution in [-0.4, -0.2) is 48.4 Å². The first-order valence-corrected chi connectivity index (χ1v) is 5.40. The molecule has 1 saturated carbocycles. The summed E-state index contributed by atoms with van der Waals surface area (Å²) in [7, 11) is 3.19. The molecule has 0 aliphatic heterocycles. The van der Waals surface area contributed by atoms with E-state index in [9.17, 15) is 14.4 Å². The highest BCUT2D eigenvalue weighted by Gasteiger charge is 2.65. The number of carboxylic acid groups (broad SMARTS) is 1.